The zero-order valence-electron chi connectivity index (χ0n) is 14.5. The first-order valence-corrected chi connectivity index (χ1v) is 8.90. The van der Waals surface area contributed by atoms with E-state index in [9.17, 15) is 4.79 Å². The second-order valence-electron chi connectivity index (χ2n) is 6.99. The molecule has 1 fully saturated rings. The Morgan fingerprint density at radius 2 is 2.12 bits per heavy atom. The van der Waals surface area contributed by atoms with Gasteiger partial charge in [0.15, 0.2) is 0 Å². The highest BCUT2D eigenvalue weighted by molar-refractivity contribution is 5.76. The number of pyridine rings is 1. The Balaban J connectivity index is 1.79. The first kappa shape index (κ1) is 16.7. The molecule has 0 aromatic carbocycles. The van der Waals surface area contributed by atoms with Crippen LogP contribution in [0.5, 0.6) is 0 Å². The lowest BCUT2D eigenvalue weighted by Crippen LogP contribution is -2.24. The predicted molar refractivity (Wildman–Crippen MR) is 94.3 cm³/mol. The van der Waals surface area contributed by atoms with Crippen LogP contribution in [0.25, 0.3) is 11.4 Å². The summed E-state index contributed by atoms with van der Waals surface area (Å²) in [5.74, 6) is 0.449. The second kappa shape index (κ2) is 7.60. The number of amides is 1. The number of hydrogen-bond donors (Lipinski definition) is 1. The molecule has 1 aliphatic rings. The summed E-state index contributed by atoms with van der Waals surface area (Å²) in [7, 11) is 0. The highest BCUT2D eigenvalue weighted by Gasteiger charge is 2.22. The highest BCUT2D eigenvalue weighted by atomic mass is 16.1. The Hall–Kier alpha value is -2.17. The summed E-state index contributed by atoms with van der Waals surface area (Å²) in [6.45, 7) is 4.58. The Bertz CT molecular complexity index is 672. The minimum Gasteiger partial charge on any atom is -0.350 e. The standard InChI is InChI=1S/C19H26N4O/c1-14(2)11-19(24)21-13-15-12-18(17-9-5-6-10-20-17)23(22-15)16-7-3-4-8-16/h5-6,9-10,12,14,16H,3-4,7-8,11,13H2,1-2H3,(H,21,24). The third-order valence-corrected chi connectivity index (χ3v) is 4.44. The largest absolute Gasteiger partial charge is 0.350 e. The molecule has 1 N–H and O–H groups in total. The average molecular weight is 326 g/mol. The van der Waals surface area contributed by atoms with Crippen LogP contribution in [0.3, 0.4) is 0 Å². The summed E-state index contributed by atoms with van der Waals surface area (Å²) in [5, 5.41) is 7.76. The first-order chi connectivity index (χ1) is 11.6. The maximum atomic E-state index is 11.9. The molecule has 0 unspecified atom stereocenters. The fraction of sp³-hybridized carbons (Fsp3) is 0.526. The van der Waals surface area contributed by atoms with Crippen molar-refractivity contribution in [3.63, 3.8) is 0 Å². The van der Waals surface area contributed by atoms with Gasteiger partial charge in [-0.2, -0.15) is 5.10 Å². The van der Waals surface area contributed by atoms with E-state index >= 15 is 0 Å². The van der Waals surface area contributed by atoms with Crippen molar-refractivity contribution in [2.24, 2.45) is 5.92 Å². The fourth-order valence-corrected chi connectivity index (χ4v) is 3.30. The van der Waals surface area contributed by atoms with Gasteiger partial charge >= 0.3 is 0 Å². The Morgan fingerprint density at radius 3 is 2.79 bits per heavy atom. The molecule has 0 radical (unpaired) electrons. The molecule has 3 rings (SSSR count). The van der Waals surface area contributed by atoms with Crippen LogP contribution in [0, 0.1) is 5.92 Å². The number of carbonyl (C=O) groups is 1. The normalized spacial score (nSPS) is 15.1. The lowest BCUT2D eigenvalue weighted by Gasteiger charge is -2.13. The molecule has 2 aromatic heterocycles. The molecule has 0 aliphatic heterocycles. The van der Waals surface area contributed by atoms with E-state index in [1.54, 1.807) is 0 Å². The molecular formula is C19H26N4O. The smallest absolute Gasteiger partial charge is 0.220 e. The molecule has 0 atom stereocenters. The summed E-state index contributed by atoms with van der Waals surface area (Å²) < 4.78 is 2.12. The Kier molecular flexibility index (Phi) is 5.28. The van der Waals surface area contributed by atoms with E-state index in [0.29, 0.717) is 24.9 Å². The molecule has 1 aliphatic carbocycles. The van der Waals surface area contributed by atoms with Gasteiger partial charge in [0.1, 0.15) is 0 Å². The van der Waals surface area contributed by atoms with Crippen LogP contribution < -0.4 is 5.32 Å². The number of nitrogens with one attached hydrogen (secondary N) is 1. The lowest BCUT2D eigenvalue weighted by atomic mass is 10.1. The number of aromatic nitrogens is 3. The molecule has 128 valence electrons. The molecule has 24 heavy (non-hydrogen) atoms. The van der Waals surface area contributed by atoms with Crippen molar-refractivity contribution in [1.29, 1.82) is 0 Å². The summed E-state index contributed by atoms with van der Waals surface area (Å²) >= 11 is 0. The van der Waals surface area contributed by atoms with Gasteiger partial charge < -0.3 is 5.32 Å². The van der Waals surface area contributed by atoms with Gasteiger partial charge in [0.25, 0.3) is 0 Å². The monoisotopic (exact) mass is 326 g/mol. The van der Waals surface area contributed by atoms with Crippen molar-refractivity contribution in [2.75, 3.05) is 0 Å². The zero-order valence-corrected chi connectivity index (χ0v) is 14.5. The van der Waals surface area contributed by atoms with Gasteiger partial charge in [-0.1, -0.05) is 32.8 Å². The molecule has 0 spiro atoms. The summed E-state index contributed by atoms with van der Waals surface area (Å²) in [5.41, 5.74) is 2.90. The Morgan fingerprint density at radius 1 is 1.33 bits per heavy atom. The topological polar surface area (TPSA) is 59.8 Å². The second-order valence-corrected chi connectivity index (χ2v) is 6.99. The van der Waals surface area contributed by atoms with Gasteiger partial charge in [0.2, 0.25) is 5.91 Å². The van der Waals surface area contributed by atoms with E-state index in [-0.39, 0.29) is 5.91 Å². The van der Waals surface area contributed by atoms with Crippen LogP contribution in [-0.2, 0) is 11.3 Å². The molecule has 1 saturated carbocycles. The summed E-state index contributed by atoms with van der Waals surface area (Å²) in [6, 6.07) is 8.45. The maximum absolute atomic E-state index is 11.9. The van der Waals surface area contributed by atoms with E-state index in [2.05, 4.69) is 21.0 Å². The van der Waals surface area contributed by atoms with Gasteiger partial charge in [-0.15, -0.1) is 0 Å². The van der Waals surface area contributed by atoms with Crippen molar-refractivity contribution in [3.05, 3.63) is 36.2 Å². The van der Waals surface area contributed by atoms with E-state index in [0.717, 1.165) is 17.1 Å². The van der Waals surface area contributed by atoms with Crippen LogP contribution >= 0.6 is 0 Å². The molecule has 2 heterocycles. The van der Waals surface area contributed by atoms with Gasteiger partial charge in [0.05, 0.1) is 29.7 Å². The SMILES string of the molecule is CC(C)CC(=O)NCc1cc(-c2ccccn2)n(C2CCCC2)n1. The Labute approximate surface area is 143 Å². The zero-order chi connectivity index (χ0) is 16.9. The molecule has 5 nitrogen and oxygen atoms in total. The number of hydrogen-bond acceptors (Lipinski definition) is 3. The van der Waals surface area contributed by atoms with E-state index in [1.807, 2.05) is 38.2 Å². The summed E-state index contributed by atoms with van der Waals surface area (Å²) in [6.07, 6.45) is 7.21. The van der Waals surface area contributed by atoms with Crippen molar-refractivity contribution in [2.45, 2.75) is 58.5 Å². The van der Waals surface area contributed by atoms with E-state index in [1.165, 1.54) is 25.7 Å². The minimum absolute atomic E-state index is 0.0832. The van der Waals surface area contributed by atoms with Crippen molar-refractivity contribution < 1.29 is 4.79 Å². The van der Waals surface area contributed by atoms with Crippen LogP contribution in [0.15, 0.2) is 30.5 Å². The number of nitrogens with zero attached hydrogens (tertiary/aromatic N) is 3. The minimum atomic E-state index is 0.0832. The van der Waals surface area contributed by atoms with E-state index in [4.69, 9.17) is 5.10 Å². The quantitative estimate of drug-likeness (QED) is 0.880. The van der Waals surface area contributed by atoms with Crippen LogP contribution in [0.1, 0.15) is 57.7 Å². The summed E-state index contributed by atoms with van der Waals surface area (Å²) in [4.78, 5) is 16.4. The van der Waals surface area contributed by atoms with Crippen LogP contribution in [0.2, 0.25) is 0 Å². The number of rotatable bonds is 6. The molecule has 0 bridgehead atoms. The number of carbonyl (C=O) groups excluding carboxylic acids is 1. The van der Waals surface area contributed by atoms with Crippen molar-refractivity contribution in [3.8, 4) is 11.4 Å². The third-order valence-electron chi connectivity index (χ3n) is 4.44. The van der Waals surface area contributed by atoms with Crippen molar-refractivity contribution in [1.82, 2.24) is 20.1 Å². The highest BCUT2D eigenvalue weighted by Crippen LogP contribution is 2.33. The van der Waals surface area contributed by atoms with Gasteiger partial charge in [0, 0.05) is 12.6 Å². The molecule has 2 aromatic rings. The van der Waals surface area contributed by atoms with Crippen LogP contribution in [-0.4, -0.2) is 20.7 Å². The third kappa shape index (κ3) is 4.02. The first-order valence-electron chi connectivity index (χ1n) is 8.90. The van der Waals surface area contributed by atoms with E-state index < -0.39 is 0 Å². The predicted octanol–water partition coefficient (Wildman–Crippen LogP) is 3.72. The maximum Gasteiger partial charge on any atom is 0.220 e. The molecular weight excluding hydrogens is 300 g/mol. The molecule has 1 amide bonds. The molecule has 5 heteroatoms. The lowest BCUT2D eigenvalue weighted by molar-refractivity contribution is -0.121. The van der Waals surface area contributed by atoms with Gasteiger partial charge in [-0.25, -0.2) is 0 Å². The fourth-order valence-electron chi connectivity index (χ4n) is 3.30. The average Bonchev–Trinajstić information content (AvgIpc) is 3.22. The van der Waals surface area contributed by atoms with Crippen LogP contribution in [0.4, 0.5) is 0 Å². The van der Waals surface area contributed by atoms with Crippen molar-refractivity contribution >= 4 is 5.91 Å². The molecule has 0 saturated heterocycles. The van der Waals surface area contributed by atoms with Gasteiger partial charge in [-0.05, 0) is 37.0 Å². The van der Waals surface area contributed by atoms with Gasteiger partial charge in [-0.3, -0.25) is 14.5 Å².